The lowest BCUT2D eigenvalue weighted by molar-refractivity contribution is -0.0167. The fourth-order valence-corrected chi connectivity index (χ4v) is 0.970. The summed E-state index contributed by atoms with van der Waals surface area (Å²) in [5, 5.41) is 6.92. The van der Waals surface area contributed by atoms with E-state index in [0.29, 0.717) is 6.61 Å². The molecule has 0 saturated carbocycles. The molecule has 0 aromatic carbocycles. The lowest BCUT2D eigenvalue weighted by Crippen LogP contribution is -2.19. The molecule has 0 aliphatic rings. The molecule has 13 heavy (non-hydrogen) atoms. The molecule has 0 unspecified atom stereocenters. The lowest BCUT2D eigenvalue weighted by atomic mass is 10.2. The van der Waals surface area contributed by atoms with Gasteiger partial charge in [-0.2, -0.15) is 5.10 Å². The van der Waals surface area contributed by atoms with Crippen molar-refractivity contribution in [1.82, 2.24) is 10.2 Å². The minimum absolute atomic E-state index is 0.114. The third-order valence-corrected chi connectivity index (χ3v) is 1.72. The van der Waals surface area contributed by atoms with Gasteiger partial charge in [-0.25, -0.2) is 0 Å². The zero-order valence-corrected chi connectivity index (χ0v) is 8.55. The molecular formula is C10H17N2O. The number of hydrogen-bond acceptors (Lipinski definition) is 2. The van der Waals surface area contributed by atoms with E-state index in [1.54, 1.807) is 0 Å². The summed E-state index contributed by atoms with van der Waals surface area (Å²) < 4.78 is 5.61. The molecule has 0 saturated heterocycles. The normalized spacial score (nSPS) is 12.0. The second-order valence-electron chi connectivity index (χ2n) is 4.01. The summed E-state index contributed by atoms with van der Waals surface area (Å²) in [6.07, 6.45) is 2.62. The predicted octanol–water partition coefficient (Wildman–Crippen LogP) is 2.10. The highest BCUT2D eigenvalue weighted by atomic mass is 16.5. The number of aromatic nitrogens is 2. The first kappa shape index (κ1) is 10.3. The Bertz CT molecular complexity index is 260. The van der Waals surface area contributed by atoms with Gasteiger partial charge in [0.1, 0.15) is 0 Å². The molecule has 1 N–H and O–H groups in total. The van der Waals surface area contributed by atoms with Crippen LogP contribution in [0.4, 0.5) is 0 Å². The van der Waals surface area contributed by atoms with Crippen molar-refractivity contribution < 1.29 is 4.74 Å². The zero-order chi connectivity index (χ0) is 9.90. The Morgan fingerprint density at radius 3 is 2.77 bits per heavy atom. The highest BCUT2D eigenvalue weighted by Crippen LogP contribution is 2.13. The Labute approximate surface area is 79.5 Å². The summed E-state index contributed by atoms with van der Waals surface area (Å²) in [7, 11) is 0. The van der Waals surface area contributed by atoms with Crippen LogP contribution in [0.2, 0.25) is 0 Å². The van der Waals surface area contributed by atoms with Gasteiger partial charge in [0.05, 0.1) is 17.9 Å². The van der Waals surface area contributed by atoms with Crippen LogP contribution in [0.25, 0.3) is 0 Å². The topological polar surface area (TPSA) is 37.9 Å². The van der Waals surface area contributed by atoms with Gasteiger partial charge in [0.15, 0.2) is 0 Å². The van der Waals surface area contributed by atoms with Crippen molar-refractivity contribution in [3.8, 4) is 0 Å². The Kier molecular flexibility index (Phi) is 3.09. The van der Waals surface area contributed by atoms with Crippen LogP contribution in [0.1, 0.15) is 32.0 Å². The number of H-pyrrole nitrogens is 1. The minimum Gasteiger partial charge on any atom is -0.369 e. The van der Waals surface area contributed by atoms with Gasteiger partial charge >= 0.3 is 0 Å². The molecule has 73 valence electrons. The van der Waals surface area contributed by atoms with Gasteiger partial charge < -0.3 is 4.74 Å². The van der Waals surface area contributed by atoms with Gasteiger partial charge in [0.2, 0.25) is 0 Å². The molecule has 1 rings (SSSR count). The summed E-state index contributed by atoms with van der Waals surface area (Å²) >= 11 is 0. The second-order valence-corrected chi connectivity index (χ2v) is 4.01. The molecule has 1 aromatic heterocycles. The van der Waals surface area contributed by atoms with Gasteiger partial charge in [-0.15, -0.1) is 0 Å². The number of ether oxygens (including phenoxy) is 1. The predicted molar refractivity (Wildman–Crippen MR) is 52.2 cm³/mol. The van der Waals surface area contributed by atoms with Crippen LogP contribution in [-0.2, 0) is 17.8 Å². The van der Waals surface area contributed by atoms with Gasteiger partial charge in [0, 0.05) is 6.20 Å². The van der Waals surface area contributed by atoms with Gasteiger partial charge in [-0.05, 0) is 39.7 Å². The average Bonchev–Trinajstić information content (AvgIpc) is 2.46. The number of aromatic amines is 1. The van der Waals surface area contributed by atoms with E-state index < -0.39 is 0 Å². The summed E-state index contributed by atoms with van der Waals surface area (Å²) in [4.78, 5) is 0. The number of rotatable bonds is 3. The van der Waals surface area contributed by atoms with Crippen LogP contribution in [0, 0.1) is 6.92 Å². The van der Waals surface area contributed by atoms with Crippen LogP contribution in [0.3, 0.4) is 0 Å². The van der Waals surface area contributed by atoms with E-state index in [0.717, 1.165) is 17.7 Å². The van der Waals surface area contributed by atoms with Crippen LogP contribution in [0.5, 0.6) is 0 Å². The van der Waals surface area contributed by atoms with Gasteiger partial charge in [-0.1, -0.05) is 0 Å². The molecule has 0 aliphatic heterocycles. The van der Waals surface area contributed by atoms with Crippen LogP contribution in [0.15, 0.2) is 6.20 Å². The van der Waals surface area contributed by atoms with Crippen molar-refractivity contribution in [2.24, 2.45) is 0 Å². The summed E-state index contributed by atoms with van der Waals surface area (Å²) in [5.41, 5.74) is 1.98. The molecule has 1 aromatic rings. The highest BCUT2D eigenvalue weighted by molar-refractivity contribution is 5.16. The van der Waals surface area contributed by atoms with Gasteiger partial charge in [0.25, 0.3) is 0 Å². The first-order valence-electron chi connectivity index (χ1n) is 4.47. The largest absolute Gasteiger partial charge is 0.369 e. The van der Waals surface area contributed by atoms with Crippen LogP contribution < -0.4 is 0 Å². The van der Waals surface area contributed by atoms with Crippen molar-refractivity contribution in [3.63, 3.8) is 0 Å². The van der Waals surface area contributed by atoms with Crippen molar-refractivity contribution in [3.05, 3.63) is 24.4 Å². The summed E-state index contributed by atoms with van der Waals surface area (Å²) in [5.74, 6) is 0. The van der Waals surface area contributed by atoms with Crippen molar-refractivity contribution in [1.29, 1.82) is 0 Å². The number of nitrogens with zero attached hydrogens (tertiary/aromatic N) is 1. The quantitative estimate of drug-likeness (QED) is 0.775. The third-order valence-electron chi connectivity index (χ3n) is 1.72. The molecule has 0 aliphatic carbocycles. The monoisotopic (exact) mass is 181 g/mol. The molecular weight excluding hydrogens is 164 g/mol. The molecule has 1 radical (unpaired) electrons. The lowest BCUT2D eigenvalue weighted by Gasteiger charge is -2.18. The Morgan fingerprint density at radius 1 is 1.54 bits per heavy atom. The maximum atomic E-state index is 5.61. The molecule has 0 spiro atoms. The molecule has 3 heteroatoms. The molecule has 1 heterocycles. The standard InChI is InChI=1S/C10H17N2O/c1-5-8-6-11-12-9(8)7-13-10(2,3)4/h6H,1,5,7H2,2-4H3,(H,11,12). The molecule has 0 atom stereocenters. The molecule has 0 bridgehead atoms. The van der Waals surface area contributed by atoms with Gasteiger partial charge in [-0.3, -0.25) is 5.10 Å². The van der Waals surface area contributed by atoms with E-state index in [2.05, 4.69) is 17.1 Å². The minimum atomic E-state index is -0.114. The Morgan fingerprint density at radius 2 is 2.23 bits per heavy atom. The average molecular weight is 181 g/mol. The molecule has 0 amide bonds. The van der Waals surface area contributed by atoms with Crippen molar-refractivity contribution in [2.75, 3.05) is 0 Å². The van der Waals surface area contributed by atoms with Crippen LogP contribution >= 0.6 is 0 Å². The summed E-state index contributed by atoms with van der Waals surface area (Å²) in [6, 6.07) is 0. The zero-order valence-electron chi connectivity index (χ0n) is 8.55. The van der Waals surface area contributed by atoms with E-state index in [4.69, 9.17) is 4.74 Å². The highest BCUT2D eigenvalue weighted by Gasteiger charge is 2.12. The van der Waals surface area contributed by atoms with Crippen LogP contribution in [-0.4, -0.2) is 15.8 Å². The summed E-state index contributed by atoms with van der Waals surface area (Å²) in [6.45, 7) is 10.5. The molecule has 3 nitrogen and oxygen atoms in total. The third kappa shape index (κ3) is 3.19. The van der Waals surface area contributed by atoms with E-state index in [1.807, 2.05) is 27.0 Å². The molecule has 0 fully saturated rings. The maximum absolute atomic E-state index is 5.61. The van der Waals surface area contributed by atoms with Crippen molar-refractivity contribution in [2.45, 2.75) is 39.4 Å². The van der Waals surface area contributed by atoms with E-state index in [9.17, 15) is 0 Å². The SMILES string of the molecule is [CH2]Cc1c[nH]nc1COC(C)(C)C. The second kappa shape index (κ2) is 3.92. The van der Waals surface area contributed by atoms with E-state index >= 15 is 0 Å². The van der Waals surface area contributed by atoms with Crippen molar-refractivity contribution >= 4 is 0 Å². The smallest absolute Gasteiger partial charge is 0.0916 e. The van der Waals surface area contributed by atoms with E-state index in [-0.39, 0.29) is 5.60 Å². The first-order chi connectivity index (χ1) is 6.03. The fourth-order valence-electron chi connectivity index (χ4n) is 0.970. The Balaban J connectivity index is 2.54. The number of hydrogen-bond donors (Lipinski definition) is 1. The maximum Gasteiger partial charge on any atom is 0.0916 e. The Hall–Kier alpha value is -0.830. The van der Waals surface area contributed by atoms with E-state index in [1.165, 1.54) is 0 Å². The number of nitrogens with one attached hydrogen (secondary N) is 1. The fraction of sp³-hybridized carbons (Fsp3) is 0.600. The first-order valence-corrected chi connectivity index (χ1v) is 4.47.